The first-order valence-corrected chi connectivity index (χ1v) is 7.25. The van der Waals surface area contributed by atoms with Gasteiger partial charge in [0.15, 0.2) is 0 Å². The topological polar surface area (TPSA) is 105 Å². The van der Waals surface area contributed by atoms with Crippen LogP contribution in [0.15, 0.2) is 24.3 Å². The SMILES string of the molecule is Cc1nn(CC(=O)N(C)Cc2ccc(C#N)cc2)c(C)c1[N+](=O)[O-]. The fraction of sp³-hybridized carbons (Fsp3) is 0.312. The molecule has 124 valence electrons. The lowest BCUT2D eigenvalue weighted by Gasteiger charge is -2.17. The van der Waals surface area contributed by atoms with Crippen LogP contribution >= 0.6 is 0 Å². The van der Waals surface area contributed by atoms with Crippen LogP contribution in [0.25, 0.3) is 0 Å². The van der Waals surface area contributed by atoms with E-state index in [1.807, 2.05) is 6.07 Å². The highest BCUT2D eigenvalue weighted by atomic mass is 16.6. The summed E-state index contributed by atoms with van der Waals surface area (Å²) in [5.41, 5.74) is 2.04. The van der Waals surface area contributed by atoms with Gasteiger partial charge in [0.05, 0.1) is 16.6 Å². The summed E-state index contributed by atoms with van der Waals surface area (Å²) in [6.07, 6.45) is 0. The van der Waals surface area contributed by atoms with Crippen LogP contribution < -0.4 is 0 Å². The molecule has 2 aromatic rings. The van der Waals surface area contributed by atoms with Gasteiger partial charge in [-0.3, -0.25) is 19.6 Å². The number of aromatic nitrogens is 2. The van der Waals surface area contributed by atoms with Crippen molar-refractivity contribution < 1.29 is 9.72 Å². The van der Waals surface area contributed by atoms with Gasteiger partial charge in [0.1, 0.15) is 17.9 Å². The van der Waals surface area contributed by atoms with Crippen molar-refractivity contribution >= 4 is 11.6 Å². The van der Waals surface area contributed by atoms with Crippen molar-refractivity contribution in [2.24, 2.45) is 0 Å². The van der Waals surface area contributed by atoms with Crippen LogP contribution in [-0.4, -0.2) is 32.6 Å². The van der Waals surface area contributed by atoms with Gasteiger partial charge in [0, 0.05) is 13.6 Å². The van der Waals surface area contributed by atoms with Crippen LogP contribution in [0, 0.1) is 35.3 Å². The number of nitrogens with zero attached hydrogens (tertiary/aromatic N) is 5. The number of aryl methyl sites for hydroxylation is 1. The second-order valence-electron chi connectivity index (χ2n) is 5.49. The highest BCUT2D eigenvalue weighted by molar-refractivity contribution is 5.75. The molecule has 0 saturated carbocycles. The maximum atomic E-state index is 12.3. The summed E-state index contributed by atoms with van der Waals surface area (Å²) >= 11 is 0. The third-order valence-electron chi connectivity index (χ3n) is 3.74. The van der Waals surface area contributed by atoms with Crippen LogP contribution in [-0.2, 0) is 17.9 Å². The average molecular weight is 327 g/mol. The molecule has 8 nitrogen and oxygen atoms in total. The third-order valence-corrected chi connectivity index (χ3v) is 3.74. The zero-order chi connectivity index (χ0) is 17.9. The Hall–Kier alpha value is -3.21. The number of hydrogen-bond acceptors (Lipinski definition) is 5. The first-order chi connectivity index (χ1) is 11.3. The third kappa shape index (κ3) is 3.57. The van der Waals surface area contributed by atoms with Crippen molar-refractivity contribution in [2.45, 2.75) is 26.9 Å². The van der Waals surface area contributed by atoms with E-state index in [9.17, 15) is 14.9 Å². The molecule has 0 spiro atoms. The quantitative estimate of drug-likeness (QED) is 0.616. The van der Waals surface area contributed by atoms with Crippen molar-refractivity contribution in [3.63, 3.8) is 0 Å². The largest absolute Gasteiger partial charge is 0.340 e. The summed E-state index contributed by atoms with van der Waals surface area (Å²) in [7, 11) is 1.65. The zero-order valence-electron chi connectivity index (χ0n) is 13.7. The number of hydrogen-bond donors (Lipinski definition) is 0. The lowest BCUT2D eigenvalue weighted by atomic mass is 10.1. The van der Waals surface area contributed by atoms with Crippen LogP contribution in [0.5, 0.6) is 0 Å². The number of likely N-dealkylation sites (N-methyl/N-ethyl adjacent to an activating group) is 1. The fourth-order valence-electron chi connectivity index (χ4n) is 2.40. The molecular formula is C16H17N5O3. The summed E-state index contributed by atoms with van der Waals surface area (Å²) in [6.45, 7) is 3.44. The molecule has 0 unspecified atom stereocenters. The minimum absolute atomic E-state index is 0.0578. The maximum Gasteiger partial charge on any atom is 0.312 e. The minimum atomic E-state index is -0.487. The fourth-order valence-corrected chi connectivity index (χ4v) is 2.40. The smallest absolute Gasteiger partial charge is 0.312 e. The summed E-state index contributed by atoms with van der Waals surface area (Å²) in [5, 5.41) is 23.9. The molecule has 1 aromatic heterocycles. The van der Waals surface area contributed by atoms with Gasteiger partial charge < -0.3 is 4.90 Å². The molecule has 0 N–H and O–H groups in total. The Kier molecular flexibility index (Phi) is 4.94. The van der Waals surface area contributed by atoms with Gasteiger partial charge in [-0.15, -0.1) is 0 Å². The highest BCUT2D eigenvalue weighted by Gasteiger charge is 2.23. The molecule has 8 heteroatoms. The molecule has 24 heavy (non-hydrogen) atoms. The molecule has 1 amide bonds. The molecule has 0 bridgehead atoms. The highest BCUT2D eigenvalue weighted by Crippen LogP contribution is 2.21. The number of rotatable bonds is 5. The molecular weight excluding hydrogens is 310 g/mol. The zero-order valence-corrected chi connectivity index (χ0v) is 13.7. The van der Waals surface area contributed by atoms with E-state index in [-0.39, 0.29) is 18.1 Å². The standard InChI is InChI=1S/C16H17N5O3/c1-11-16(21(23)24)12(2)20(18-11)10-15(22)19(3)9-14-6-4-13(8-17)5-7-14/h4-7H,9-10H2,1-3H3. The molecule has 0 aliphatic carbocycles. The van der Waals surface area contributed by atoms with E-state index in [0.717, 1.165) is 5.56 Å². The van der Waals surface area contributed by atoms with E-state index < -0.39 is 4.92 Å². The summed E-state index contributed by atoms with van der Waals surface area (Å²) < 4.78 is 1.35. The molecule has 2 rings (SSSR count). The lowest BCUT2D eigenvalue weighted by molar-refractivity contribution is -0.386. The normalized spacial score (nSPS) is 10.2. The molecule has 0 saturated heterocycles. The van der Waals surface area contributed by atoms with E-state index >= 15 is 0 Å². The number of amides is 1. The van der Waals surface area contributed by atoms with Crippen molar-refractivity contribution in [1.82, 2.24) is 14.7 Å². The molecule has 0 radical (unpaired) electrons. The van der Waals surface area contributed by atoms with Crippen LogP contribution in [0.1, 0.15) is 22.5 Å². The predicted molar refractivity (Wildman–Crippen MR) is 86.0 cm³/mol. The molecule has 1 heterocycles. The number of benzene rings is 1. The van der Waals surface area contributed by atoms with Gasteiger partial charge in [0.2, 0.25) is 5.91 Å². The number of nitriles is 1. The lowest BCUT2D eigenvalue weighted by Crippen LogP contribution is -2.30. The van der Waals surface area contributed by atoms with Gasteiger partial charge in [-0.2, -0.15) is 10.4 Å². The summed E-state index contributed by atoms with van der Waals surface area (Å²) in [5.74, 6) is -0.208. The first kappa shape index (κ1) is 17.1. The van der Waals surface area contributed by atoms with Crippen LogP contribution in [0.3, 0.4) is 0 Å². The van der Waals surface area contributed by atoms with E-state index in [1.54, 1.807) is 45.2 Å². The molecule has 0 aliphatic rings. The van der Waals surface area contributed by atoms with Crippen LogP contribution in [0.4, 0.5) is 5.69 Å². The Bertz CT molecular complexity index is 817. The van der Waals surface area contributed by atoms with E-state index in [1.165, 1.54) is 9.58 Å². The Labute approximate surface area is 139 Å². The number of carbonyl (C=O) groups is 1. The van der Waals surface area contributed by atoms with Gasteiger partial charge in [-0.1, -0.05) is 12.1 Å². The van der Waals surface area contributed by atoms with Crippen molar-refractivity contribution in [3.05, 3.63) is 56.9 Å². The average Bonchev–Trinajstić information content (AvgIpc) is 2.81. The van der Waals surface area contributed by atoms with Crippen molar-refractivity contribution in [2.75, 3.05) is 7.05 Å². The molecule has 0 atom stereocenters. The molecule has 0 aliphatic heterocycles. The Morgan fingerprint density at radius 3 is 2.50 bits per heavy atom. The summed E-state index contributed by atoms with van der Waals surface area (Å²) in [4.78, 5) is 24.4. The molecule has 0 fully saturated rings. The predicted octanol–water partition coefficient (Wildman–Crippen LogP) is 1.94. The van der Waals surface area contributed by atoms with Crippen molar-refractivity contribution in [1.29, 1.82) is 5.26 Å². The number of carbonyl (C=O) groups excluding carboxylic acids is 1. The van der Waals surface area contributed by atoms with E-state index in [4.69, 9.17) is 5.26 Å². The van der Waals surface area contributed by atoms with Gasteiger partial charge in [0.25, 0.3) is 0 Å². The molecule has 1 aromatic carbocycles. The van der Waals surface area contributed by atoms with Gasteiger partial charge in [-0.25, -0.2) is 0 Å². The Morgan fingerprint density at radius 1 is 1.38 bits per heavy atom. The van der Waals surface area contributed by atoms with E-state index in [2.05, 4.69) is 5.10 Å². The second kappa shape index (κ2) is 6.91. The van der Waals surface area contributed by atoms with Gasteiger partial charge in [-0.05, 0) is 31.5 Å². The van der Waals surface area contributed by atoms with Crippen LogP contribution in [0.2, 0.25) is 0 Å². The summed E-state index contributed by atoms with van der Waals surface area (Å²) in [6, 6.07) is 9.00. The maximum absolute atomic E-state index is 12.3. The minimum Gasteiger partial charge on any atom is -0.340 e. The van der Waals surface area contributed by atoms with Crippen molar-refractivity contribution in [3.8, 4) is 6.07 Å². The monoisotopic (exact) mass is 327 g/mol. The second-order valence-corrected chi connectivity index (χ2v) is 5.49. The van der Waals surface area contributed by atoms with E-state index in [0.29, 0.717) is 23.5 Å². The van der Waals surface area contributed by atoms with Gasteiger partial charge >= 0.3 is 5.69 Å². The first-order valence-electron chi connectivity index (χ1n) is 7.25. The number of nitro groups is 1. The Balaban J connectivity index is 2.07. The Morgan fingerprint density at radius 2 is 2.00 bits per heavy atom.